The number of hydrogen-bond acceptors (Lipinski definition) is 3. The van der Waals surface area contributed by atoms with Crippen molar-refractivity contribution in [3.05, 3.63) is 0 Å². The van der Waals surface area contributed by atoms with E-state index in [-0.39, 0.29) is 11.9 Å². The third-order valence-electron chi connectivity index (χ3n) is 2.88. The molecule has 14 heavy (non-hydrogen) atoms. The topological polar surface area (TPSA) is 46.3 Å². The van der Waals surface area contributed by atoms with Crippen LogP contribution in [0.3, 0.4) is 0 Å². The highest BCUT2D eigenvalue weighted by Crippen LogP contribution is 2.33. The molecule has 1 saturated carbocycles. The maximum Gasteiger partial charge on any atom is 0.239 e. The van der Waals surface area contributed by atoms with Gasteiger partial charge in [0.05, 0.1) is 6.04 Å². The van der Waals surface area contributed by atoms with Crippen LogP contribution in [0.1, 0.15) is 26.2 Å². The molecule has 0 bridgehead atoms. The van der Waals surface area contributed by atoms with Crippen molar-refractivity contribution >= 4 is 17.7 Å². The van der Waals surface area contributed by atoms with Crippen LogP contribution < -0.4 is 5.73 Å². The second kappa shape index (κ2) is 4.11. The normalized spacial score (nSPS) is 28.9. The molecule has 80 valence electrons. The molecule has 2 fully saturated rings. The van der Waals surface area contributed by atoms with Gasteiger partial charge in [0, 0.05) is 17.8 Å². The first kappa shape index (κ1) is 10.3. The van der Waals surface area contributed by atoms with Crippen LogP contribution in [0.15, 0.2) is 0 Å². The molecule has 2 atom stereocenters. The molecule has 1 saturated heterocycles. The predicted molar refractivity (Wildman–Crippen MR) is 59.2 cm³/mol. The summed E-state index contributed by atoms with van der Waals surface area (Å²) in [6.45, 7) is 1.79. The summed E-state index contributed by atoms with van der Waals surface area (Å²) in [4.78, 5) is 14.0. The molecule has 2 rings (SSSR count). The lowest BCUT2D eigenvalue weighted by molar-refractivity contribution is -0.134. The first-order valence-electron chi connectivity index (χ1n) is 5.35. The van der Waals surface area contributed by atoms with Crippen LogP contribution in [-0.2, 0) is 4.79 Å². The zero-order valence-electron chi connectivity index (χ0n) is 8.61. The summed E-state index contributed by atoms with van der Waals surface area (Å²) in [6, 6.07) is 0.643. The molecule has 1 aliphatic carbocycles. The van der Waals surface area contributed by atoms with Crippen molar-refractivity contribution in [1.29, 1.82) is 0 Å². The van der Waals surface area contributed by atoms with Gasteiger partial charge in [-0.1, -0.05) is 0 Å². The minimum Gasteiger partial charge on any atom is -0.335 e. The van der Waals surface area contributed by atoms with Crippen LogP contribution in [0.25, 0.3) is 0 Å². The largest absolute Gasteiger partial charge is 0.335 e. The maximum absolute atomic E-state index is 11.9. The first-order valence-corrected chi connectivity index (χ1v) is 6.51. The van der Waals surface area contributed by atoms with Crippen LogP contribution in [0.4, 0.5) is 0 Å². The summed E-state index contributed by atoms with van der Waals surface area (Å²) < 4.78 is 0. The zero-order chi connectivity index (χ0) is 10.1. The second-order valence-corrected chi connectivity index (χ2v) is 5.43. The Kier molecular flexibility index (Phi) is 3.02. The smallest absolute Gasteiger partial charge is 0.239 e. The Bertz CT molecular complexity index is 222. The molecular weight excluding hydrogens is 196 g/mol. The zero-order valence-corrected chi connectivity index (χ0v) is 9.43. The van der Waals surface area contributed by atoms with E-state index in [9.17, 15) is 4.79 Å². The minimum atomic E-state index is -0.332. The lowest BCUT2D eigenvalue weighted by atomic mass is 10.2. The van der Waals surface area contributed by atoms with E-state index in [0.29, 0.717) is 12.1 Å². The highest BCUT2D eigenvalue weighted by atomic mass is 32.2. The Morgan fingerprint density at radius 1 is 1.43 bits per heavy atom. The summed E-state index contributed by atoms with van der Waals surface area (Å²) in [5, 5.41) is 0. The van der Waals surface area contributed by atoms with E-state index in [1.165, 1.54) is 18.6 Å². The van der Waals surface area contributed by atoms with Gasteiger partial charge in [0.2, 0.25) is 5.91 Å². The maximum atomic E-state index is 11.9. The fourth-order valence-electron chi connectivity index (χ4n) is 1.99. The lowest BCUT2D eigenvalue weighted by Gasteiger charge is -2.30. The van der Waals surface area contributed by atoms with Crippen LogP contribution >= 0.6 is 11.8 Å². The monoisotopic (exact) mass is 214 g/mol. The summed E-state index contributed by atoms with van der Waals surface area (Å²) in [5.74, 6) is 2.45. The first-order chi connectivity index (χ1) is 6.70. The Morgan fingerprint density at radius 3 is 2.57 bits per heavy atom. The van der Waals surface area contributed by atoms with E-state index in [0.717, 1.165) is 12.2 Å². The van der Waals surface area contributed by atoms with E-state index in [1.807, 2.05) is 11.8 Å². The van der Waals surface area contributed by atoms with Crippen molar-refractivity contribution in [1.82, 2.24) is 4.90 Å². The third-order valence-corrected chi connectivity index (χ3v) is 4.03. The highest BCUT2D eigenvalue weighted by Gasteiger charge is 2.39. The molecule has 1 heterocycles. The van der Waals surface area contributed by atoms with Crippen molar-refractivity contribution in [2.24, 2.45) is 5.73 Å². The molecule has 0 unspecified atom stereocenters. The number of nitrogens with zero attached hydrogens (tertiary/aromatic N) is 1. The SMILES string of the molecule is C[C@H](N)C(=O)N(C1CC1)[C@H]1CCSC1. The average Bonchev–Trinajstić information content (AvgIpc) is 2.81. The van der Waals surface area contributed by atoms with E-state index < -0.39 is 0 Å². The number of hydrogen-bond donors (Lipinski definition) is 1. The molecule has 1 aliphatic heterocycles. The van der Waals surface area contributed by atoms with Crippen molar-refractivity contribution in [3.63, 3.8) is 0 Å². The van der Waals surface area contributed by atoms with E-state index >= 15 is 0 Å². The van der Waals surface area contributed by atoms with Gasteiger partial charge in [0.15, 0.2) is 0 Å². The summed E-state index contributed by atoms with van der Waals surface area (Å²) in [5.41, 5.74) is 5.67. The van der Waals surface area contributed by atoms with Gasteiger partial charge in [-0.3, -0.25) is 4.79 Å². The molecule has 1 amide bonds. The summed E-state index contributed by atoms with van der Waals surface area (Å²) >= 11 is 1.95. The molecule has 4 heteroatoms. The van der Waals surface area contributed by atoms with Gasteiger partial charge in [-0.15, -0.1) is 0 Å². The lowest BCUT2D eigenvalue weighted by Crippen LogP contribution is -2.48. The molecule has 0 spiro atoms. The highest BCUT2D eigenvalue weighted by molar-refractivity contribution is 7.99. The van der Waals surface area contributed by atoms with Crippen molar-refractivity contribution in [2.45, 2.75) is 44.3 Å². The van der Waals surface area contributed by atoms with E-state index in [4.69, 9.17) is 5.73 Å². The second-order valence-electron chi connectivity index (χ2n) is 4.28. The van der Waals surface area contributed by atoms with Crippen molar-refractivity contribution in [3.8, 4) is 0 Å². The predicted octanol–water partition coefficient (Wildman–Crippen LogP) is 0.830. The fourth-order valence-corrected chi connectivity index (χ4v) is 3.19. The quantitative estimate of drug-likeness (QED) is 0.757. The van der Waals surface area contributed by atoms with Gasteiger partial charge in [-0.2, -0.15) is 11.8 Å². The van der Waals surface area contributed by atoms with Gasteiger partial charge in [-0.25, -0.2) is 0 Å². The summed E-state index contributed by atoms with van der Waals surface area (Å²) in [7, 11) is 0. The number of carbonyl (C=O) groups is 1. The van der Waals surface area contributed by atoms with Crippen LogP contribution in [0.5, 0.6) is 0 Å². The molecule has 2 aliphatic rings. The molecule has 0 aromatic heterocycles. The van der Waals surface area contributed by atoms with Crippen LogP contribution in [0.2, 0.25) is 0 Å². The molecule has 0 aromatic carbocycles. The Labute approximate surface area is 89.4 Å². The number of rotatable bonds is 3. The van der Waals surface area contributed by atoms with Gasteiger partial charge in [-0.05, 0) is 31.9 Å². The molecule has 0 radical (unpaired) electrons. The number of amides is 1. The van der Waals surface area contributed by atoms with Gasteiger partial charge < -0.3 is 10.6 Å². The van der Waals surface area contributed by atoms with Crippen LogP contribution in [-0.4, -0.2) is 40.4 Å². The third kappa shape index (κ3) is 2.06. The average molecular weight is 214 g/mol. The molecule has 3 nitrogen and oxygen atoms in total. The van der Waals surface area contributed by atoms with Gasteiger partial charge >= 0.3 is 0 Å². The van der Waals surface area contributed by atoms with Crippen molar-refractivity contribution < 1.29 is 4.79 Å². The summed E-state index contributed by atoms with van der Waals surface area (Å²) in [6.07, 6.45) is 3.51. The van der Waals surface area contributed by atoms with Crippen molar-refractivity contribution in [2.75, 3.05) is 11.5 Å². The number of carbonyl (C=O) groups excluding carboxylic acids is 1. The molecule has 2 N–H and O–H groups in total. The fraction of sp³-hybridized carbons (Fsp3) is 0.900. The molecular formula is C10H18N2OS. The van der Waals surface area contributed by atoms with Gasteiger partial charge in [0.25, 0.3) is 0 Å². The number of nitrogens with two attached hydrogens (primary N) is 1. The molecule has 0 aromatic rings. The van der Waals surface area contributed by atoms with E-state index in [1.54, 1.807) is 6.92 Å². The minimum absolute atomic E-state index is 0.153. The Morgan fingerprint density at radius 2 is 2.14 bits per heavy atom. The van der Waals surface area contributed by atoms with Gasteiger partial charge in [0.1, 0.15) is 0 Å². The standard InChI is InChI=1S/C10H18N2OS/c1-7(11)10(13)12(8-2-3-8)9-4-5-14-6-9/h7-9H,2-6,11H2,1H3/t7-,9-/m0/s1. The Balaban J connectivity index is 2.02. The number of thioether (sulfide) groups is 1. The van der Waals surface area contributed by atoms with Crippen LogP contribution in [0, 0.1) is 0 Å². The Hall–Kier alpha value is -0.220. The van der Waals surface area contributed by atoms with E-state index in [2.05, 4.69) is 4.90 Å².